The van der Waals surface area contributed by atoms with Crippen LogP contribution in [0.25, 0.3) is 0 Å². The highest BCUT2D eigenvalue weighted by Gasteiger charge is 2.36. The molecular weight excluding hydrogens is 443 g/mol. The number of halogens is 1. The van der Waals surface area contributed by atoms with Crippen molar-refractivity contribution in [1.29, 1.82) is 0 Å². The Labute approximate surface area is 205 Å². The summed E-state index contributed by atoms with van der Waals surface area (Å²) in [6, 6.07) is 8.61. The number of benzene rings is 1. The first-order valence-electron chi connectivity index (χ1n) is 12.5. The standard InChI is InChI=1S/C27H31FN6O/c1-19(20-5-7-22(28)8-6-20)13-25-31-23(14-24-16-29-9-10-30-24)15-26(32-25)34-17-21(18-34)27(35)33-11-3-2-4-12-33/h5-10,15-16,19,21H,2-4,11-14,17-18H2,1H3/t19-/m1/s1. The van der Waals surface area contributed by atoms with Gasteiger partial charge in [0.15, 0.2) is 0 Å². The lowest BCUT2D eigenvalue weighted by molar-refractivity contribution is -0.137. The normalized spacial score (nSPS) is 17.2. The Morgan fingerprint density at radius 2 is 1.83 bits per heavy atom. The predicted molar refractivity (Wildman–Crippen MR) is 132 cm³/mol. The van der Waals surface area contributed by atoms with Crippen LogP contribution in [0, 0.1) is 11.7 Å². The molecule has 1 aromatic carbocycles. The maximum absolute atomic E-state index is 13.4. The Hall–Kier alpha value is -3.42. The SMILES string of the molecule is C[C@H](Cc1nc(Cc2cnccn2)cc(N2CC(C(=O)N3CCCCC3)C2)n1)c1ccc(F)cc1. The molecule has 0 unspecified atom stereocenters. The van der Waals surface area contributed by atoms with E-state index in [1.54, 1.807) is 18.6 Å². The number of anilines is 1. The quantitative estimate of drug-likeness (QED) is 0.519. The zero-order valence-corrected chi connectivity index (χ0v) is 20.1. The van der Waals surface area contributed by atoms with E-state index >= 15 is 0 Å². The van der Waals surface area contributed by atoms with Crippen molar-refractivity contribution in [2.45, 2.75) is 44.9 Å². The number of rotatable bonds is 7. The minimum atomic E-state index is -0.239. The van der Waals surface area contributed by atoms with E-state index in [4.69, 9.17) is 9.97 Å². The van der Waals surface area contributed by atoms with Gasteiger partial charge in [0.05, 0.1) is 17.3 Å². The molecule has 1 atom stereocenters. The molecule has 8 heteroatoms. The molecule has 35 heavy (non-hydrogen) atoms. The lowest BCUT2D eigenvalue weighted by atomic mass is 9.96. The summed E-state index contributed by atoms with van der Waals surface area (Å²) >= 11 is 0. The number of carbonyl (C=O) groups is 1. The second kappa shape index (κ2) is 10.5. The van der Waals surface area contributed by atoms with Crippen molar-refractivity contribution < 1.29 is 9.18 Å². The van der Waals surface area contributed by atoms with E-state index in [2.05, 4.69) is 21.8 Å². The number of aromatic nitrogens is 4. The summed E-state index contributed by atoms with van der Waals surface area (Å²) in [5, 5.41) is 0. The van der Waals surface area contributed by atoms with Gasteiger partial charge in [-0.2, -0.15) is 0 Å². The first-order chi connectivity index (χ1) is 17.0. The number of likely N-dealkylation sites (tertiary alicyclic amines) is 1. The smallest absolute Gasteiger partial charge is 0.229 e. The molecule has 3 aromatic rings. The molecule has 2 aliphatic rings. The molecule has 2 fully saturated rings. The average molecular weight is 475 g/mol. The van der Waals surface area contributed by atoms with Gasteiger partial charge in [0.2, 0.25) is 5.91 Å². The van der Waals surface area contributed by atoms with Crippen LogP contribution in [0.5, 0.6) is 0 Å². The fraction of sp³-hybridized carbons (Fsp3) is 0.444. The summed E-state index contributed by atoms with van der Waals surface area (Å²) in [5.74, 6) is 1.80. The van der Waals surface area contributed by atoms with Crippen molar-refractivity contribution >= 4 is 11.7 Å². The molecule has 1 amide bonds. The molecule has 0 N–H and O–H groups in total. The summed E-state index contributed by atoms with van der Waals surface area (Å²) in [6.45, 7) is 5.24. The maximum atomic E-state index is 13.4. The fourth-order valence-electron chi connectivity index (χ4n) is 4.86. The molecule has 0 bridgehead atoms. The van der Waals surface area contributed by atoms with Gasteiger partial charge in [-0.1, -0.05) is 19.1 Å². The number of piperidine rings is 1. The van der Waals surface area contributed by atoms with Gasteiger partial charge < -0.3 is 9.80 Å². The maximum Gasteiger partial charge on any atom is 0.229 e. The predicted octanol–water partition coefficient (Wildman–Crippen LogP) is 3.79. The summed E-state index contributed by atoms with van der Waals surface area (Å²) in [4.78, 5) is 35.3. The average Bonchev–Trinajstić information content (AvgIpc) is 2.84. The van der Waals surface area contributed by atoms with E-state index in [-0.39, 0.29) is 23.6 Å². The van der Waals surface area contributed by atoms with Crippen molar-refractivity contribution in [2.75, 3.05) is 31.1 Å². The van der Waals surface area contributed by atoms with E-state index in [0.717, 1.165) is 54.5 Å². The Morgan fingerprint density at radius 1 is 1.06 bits per heavy atom. The number of carbonyl (C=O) groups excluding carboxylic acids is 1. The Balaban J connectivity index is 1.33. The molecule has 7 nitrogen and oxygen atoms in total. The highest BCUT2D eigenvalue weighted by Crippen LogP contribution is 2.28. The molecule has 0 saturated carbocycles. The third-order valence-electron chi connectivity index (χ3n) is 6.94. The molecule has 5 rings (SSSR count). The van der Waals surface area contributed by atoms with Gasteiger partial charge in [-0.3, -0.25) is 14.8 Å². The van der Waals surface area contributed by atoms with Gasteiger partial charge in [0.1, 0.15) is 17.5 Å². The van der Waals surface area contributed by atoms with Crippen LogP contribution in [0.4, 0.5) is 10.2 Å². The molecule has 4 heterocycles. The number of hydrogen-bond donors (Lipinski definition) is 0. The second-order valence-electron chi connectivity index (χ2n) is 9.65. The van der Waals surface area contributed by atoms with Crippen LogP contribution in [0.2, 0.25) is 0 Å². The number of nitrogens with zero attached hydrogens (tertiary/aromatic N) is 6. The first-order valence-corrected chi connectivity index (χ1v) is 12.5. The zero-order valence-electron chi connectivity index (χ0n) is 20.1. The highest BCUT2D eigenvalue weighted by molar-refractivity contribution is 5.82. The Bertz CT molecular complexity index is 1140. The van der Waals surface area contributed by atoms with E-state index in [1.165, 1.54) is 18.6 Å². The first kappa shape index (κ1) is 23.3. The van der Waals surface area contributed by atoms with Gasteiger partial charge in [-0.15, -0.1) is 0 Å². The van der Waals surface area contributed by atoms with Crippen molar-refractivity contribution in [3.8, 4) is 0 Å². The van der Waals surface area contributed by atoms with Gasteiger partial charge >= 0.3 is 0 Å². The lowest BCUT2D eigenvalue weighted by Crippen LogP contribution is -2.55. The van der Waals surface area contributed by atoms with E-state index in [0.29, 0.717) is 25.9 Å². The van der Waals surface area contributed by atoms with Gasteiger partial charge in [0, 0.05) is 63.7 Å². The van der Waals surface area contributed by atoms with Crippen molar-refractivity contribution in [1.82, 2.24) is 24.8 Å². The minimum absolute atomic E-state index is 0.0353. The molecule has 2 aromatic heterocycles. The summed E-state index contributed by atoms with van der Waals surface area (Å²) in [7, 11) is 0. The summed E-state index contributed by atoms with van der Waals surface area (Å²) in [6.07, 6.45) is 9.72. The zero-order chi connectivity index (χ0) is 24.2. The molecular formula is C27H31FN6O. The summed E-state index contributed by atoms with van der Waals surface area (Å²) in [5.41, 5.74) is 2.77. The Kier molecular flexibility index (Phi) is 6.97. The van der Waals surface area contributed by atoms with Crippen molar-refractivity contribution in [2.24, 2.45) is 5.92 Å². The third-order valence-corrected chi connectivity index (χ3v) is 6.94. The summed E-state index contributed by atoms with van der Waals surface area (Å²) < 4.78 is 13.4. The van der Waals surface area contributed by atoms with E-state index in [1.807, 2.05) is 23.1 Å². The topological polar surface area (TPSA) is 75.1 Å². The Morgan fingerprint density at radius 3 is 2.54 bits per heavy atom. The van der Waals surface area contributed by atoms with Crippen molar-refractivity contribution in [3.63, 3.8) is 0 Å². The van der Waals surface area contributed by atoms with E-state index < -0.39 is 0 Å². The van der Waals surface area contributed by atoms with Crippen molar-refractivity contribution in [3.05, 3.63) is 77.5 Å². The molecule has 182 valence electrons. The molecule has 0 aliphatic carbocycles. The lowest BCUT2D eigenvalue weighted by Gasteiger charge is -2.42. The molecule has 2 aliphatic heterocycles. The molecule has 0 radical (unpaired) electrons. The van der Waals surface area contributed by atoms with Crippen LogP contribution in [-0.4, -0.2) is 56.9 Å². The van der Waals surface area contributed by atoms with Crippen LogP contribution in [0.15, 0.2) is 48.9 Å². The van der Waals surface area contributed by atoms with Crippen LogP contribution < -0.4 is 4.90 Å². The van der Waals surface area contributed by atoms with Crippen LogP contribution in [0.1, 0.15) is 54.9 Å². The minimum Gasteiger partial charge on any atom is -0.355 e. The van der Waals surface area contributed by atoms with Crippen LogP contribution in [0.3, 0.4) is 0 Å². The van der Waals surface area contributed by atoms with Gasteiger partial charge in [0.25, 0.3) is 0 Å². The fourth-order valence-corrected chi connectivity index (χ4v) is 4.86. The second-order valence-corrected chi connectivity index (χ2v) is 9.65. The molecule has 0 spiro atoms. The number of hydrogen-bond acceptors (Lipinski definition) is 6. The third kappa shape index (κ3) is 5.63. The number of amides is 1. The highest BCUT2D eigenvalue weighted by atomic mass is 19.1. The van der Waals surface area contributed by atoms with E-state index in [9.17, 15) is 9.18 Å². The van der Waals surface area contributed by atoms with Crippen LogP contribution in [-0.2, 0) is 17.6 Å². The van der Waals surface area contributed by atoms with Gasteiger partial charge in [-0.05, 0) is 42.9 Å². The molecule has 2 saturated heterocycles. The van der Waals surface area contributed by atoms with Crippen LogP contribution >= 0.6 is 0 Å². The van der Waals surface area contributed by atoms with Gasteiger partial charge in [-0.25, -0.2) is 14.4 Å². The largest absolute Gasteiger partial charge is 0.355 e. The monoisotopic (exact) mass is 474 g/mol.